The molecule has 1 rings (SSSR count). The lowest BCUT2D eigenvalue weighted by molar-refractivity contribution is -0.144. The normalized spacial score (nSPS) is 10.1. The molecule has 78 valence electrons. The van der Waals surface area contributed by atoms with E-state index in [4.69, 9.17) is 9.47 Å². The summed E-state index contributed by atoms with van der Waals surface area (Å²) < 4.78 is 9.73. The molecule has 0 fully saturated rings. The molecule has 0 radical (unpaired) electrons. The van der Waals surface area contributed by atoms with E-state index < -0.39 is 0 Å². The molecule has 1 aromatic heterocycles. The minimum Gasteiger partial charge on any atom is -0.463 e. The molecule has 0 saturated heterocycles. The maximum Gasteiger partial charge on any atom is 0.310 e. The first-order chi connectivity index (χ1) is 6.74. The summed E-state index contributed by atoms with van der Waals surface area (Å²) in [5, 5.41) is 4.00. The molecule has 0 amide bonds. The van der Waals surface area contributed by atoms with Crippen molar-refractivity contribution in [1.29, 1.82) is 0 Å². The summed E-state index contributed by atoms with van der Waals surface area (Å²) in [6.45, 7) is 2.78. The van der Waals surface area contributed by atoms with Gasteiger partial charge in [-0.2, -0.15) is 11.3 Å². The maximum absolute atomic E-state index is 11.3. The second-order valence-corrected chi connectivity index (χ2v) is 3.71. The molecule has 0 N–H and O–H groups in total. The van der Waals surface area contributed by atoms with Crippen LogP contribution >= 0.6 is 11.3 Å². The van der Waals surface area contributed by atoms with Gasteiger partial charge < -0.3 is 9.47 Å². The van der Waals surface area contributed by atoms with E-state index >= 15 is 0 Å². The van der Waals surface area contributed by atoms with Crippen LogP contribution in [-0.2, 0) is 20.7 Å². The standard InChI is InChI=1S/C10H14O3S/c1-8-6-14-7-9(8)5-10(11)13-4-3-12-2/h6-7H,3-5H2,1-2H3. The van der Waals surface area contributed by atoms with Crippen LogP contribution in [0.2, 0.25) is 0 Å². The fourth-order valence-corrected chi connectivity index (χ4v) is 1.87. The van der Waals surface area contributed by atoms with Crippen LogP contribution < -0.4 is 0 Å². The molecule has 14 heavy (non-hydrogen) atoms. The first-order valence-electron chi connectivity index (χ1n) is 4.40. The number of esters is 1. The zero-order valence-electron chi connectivity index (χ0n) is 8.41. The van der Waals surface area contributed by atoms with Crippen LogP contribution in [-0.4, -0.2) is 26.3 Å². The highest BCUT2D eigenvalue weighted by Crippen LogP contribution is 2.14. The summed E-state index contributed by atoms with van der Waals surface area (Å²) in [6, 6.07) is 0. The third-order valence-electron chi connectivity index (χ3n) is 1.85. The summed E-state index contributed by atoms with van der Waals surface area (Å²) in [7, 11) is 1.58. The van der Waals surface area contributed by atoms with E-state index in [1.165, 1.54) is 0 Å². The number of rotatable bonds is 5. The summed E-state index contributed by atoms with van der Waals surface area (Å²) in [5.41, 5.74) is 2.20. The summed E-state index contributed by atoms with van der Waals surface area (Å²) in [6.07, 6.45) is 0.360. The molecule has 0 aliphatic rings. The lowest BCUT2D eigenvalue weighted by atomic mass is 10.2. The average Bonchev–Trinajstić information content (AvgIpc) is 2.52. The first kappa shape index (κ1) is 11.2. The molecular formula is C10H14O3S. The number of thiophene rings is 1. The van der Waals surface area contributed by atoms with Crippen LogP contribution in [0.15, 0.2) is 10.8 Å². The Morgan fingerprint density at radius 2 is 2.21 bits per heavy atom. The Labute approximate surface area is 87.7 Å². The third-order valence-corrected chi connectivity index (χ3v) is 2.76. The van der Waals surface area contributed by atoms with Crippen molar-refractivity contribution in [2.24, 2.45) is 0 Å². The third kappa shape index (κ3) is 3.47. The summed E-state index contributed by atoms with van der Waals surface area (Å²) in [4.78, 5) is 11.3. The fourth-order valence-electron chi connectivity index (χ4n) is 1.01. The van der Waals surface area contributed by atoms with Crippen LogP contribution in [0.5, 0.6) is 0 Å². The minimum atomic E-state index is -0.191. The molecule has 0 aliphatic heterocycles. The van der Waals surface area contributed by atoms with Gasteiger partial charge in [-0.05, 0) is 28.8 Å². The Morgan fingerprint density at radius 3 is 2.79 bits per heavy atom. The Bertz CT molecular complexity index is 293. The van der Waals surface area contributed by atoms with E-state index in [-0.39, 0.29) is 5.97 Å². The van der Waals surface area contributed by atoms with Gasteiger partial charge in [-0.25, -0.2) is 0 Å². The minimum absolute atomic E-state index is 0.191. The molecule has 1 heterocycles. The molecule has 0 bridgehead atoms. The Kier molecular flexibility index (Phi) is 4.62. The number of methoxy groups -OCH3 is 1. The second-order valence-electron chi connectivity index (χ2n) is 2.97. The van der Waals surface area contributed by atoms with Crippen LogP contribution in [0.4, 0.5) is 0 Å². The summed E-state index contributed by atoms with van der Waals surface area (Å²) in [5.74, 6) is -0.191. The number of ether oxygens (including phenoxy) is 2. The molecule has 1 aromatic rings. The topological polar surface area (TPSA) is 35.5 Å². The Hall–Kier alpha value is -0.870. The number of hydrogen-bond donors (Lipinski definition) is 0. The van der Waals surface area contributed by atoms with Gasteiger partial charge in [0, 0.05) is 7.11 Å². The van der Waals surface area contributed by atoms with Crippen molar-refractivity contribution >= 4 is 17.3 Å². The van der Waals surface area contributed by atoms with Gasteiger partial charge in [0.15, 0.2) is 0 Å². The van der Waals surface area contributed by atoms with E-state index in [2.05, 4.69) is 0 Å². The quantitative estimate of drug-likeness (QED) is 0.553. The molecule has 0 saturated carbocycles. The molecule has 3 nitrogen and oxygen atoms in total. The van der Waals surface area contributed by atoms with Crippen molar-refractivity contribution in [2.75, 3.05) is 20.3 Å². The van der Waals surface area contributed by atoms with Gasteiger partial charge in [0.2, 0.25) is 0 Å². The fraction of sp³-hybridized carbons (Fsp3) is 0.500. The van der Waals surface area contributed by atoms with Crippen LogP contribution in [0.25, 0.3) is 0 Å². The number of hydrogen-bond acceptors (Lipinski definition) is 4. The molecular weight excluding hydrogens is 200 g/mol. The lowest BCUT2D eigenvalue weighted by Crippen LogP contribution is -2.11. The smallest absolute Gasteiger partial charge is 0.310 e. The van der Waals surface area contributed by atoms with Gasteiger partial charge >= 0.3 is 5.97 Å². The van der Waals surface area contributed by atoms with Crippen molar-refractivity contribution in [3.63, 3.8) is 0 Å². The highest BCUT2D eigenvalue weighted by atomic mass is 32.1. The Morgan fingerprint density at radius 1 is 1.43 bits per heavy atom. The molecule has 0 unspecified atom stereocenters. The molecule has 0 atom stereocenters. The van der Waals surface area contributed by atoms with Crippen LogP contribution in [0, 0.1) is 6.92 Å². The van der Waals surface area contributed by atoms with E-state index in [1.54, 1.807) is 18.4 Å². The number of aryl methyl sites for hydroxylation is 1. The van der Waals surface area contributed by atoms with Crippen LogP contribution in [0.1, 0.15) is 11.1 Å². The van der Waals surface area contributed by atoms with Crippen molar-refractivity contribution in [3.05, 3.63) is 21.9 Å². The highest BCUT2D eigenvalue weighted by Gasteiger charge is 2.07. The van der Waals surface area contributed by atoms with Gasteiger partial charge in [0.05, 0.1) is 13.0 Å². The van der Waals surface area contributed by atoms with Gasteiger partial charge in [-0.1, -0.05) is 0 Å². The van der Waals surface area contributed by atoms with Gasteiger partial charge in [-0.3, -0.25) is 4.79 Å². The SMILES string of the molecule is COCCOC(=O)Cc1cscc1C. The molecule has 0 aromatic carbocycles. The number of carbonyl (C=O) groups is 1. The van der Waals surface area contributed by atoms with Crippen LogP contribution in [0.3, 0.4) is 0 Å². The van der Waals surface area contributed by atoms with E-state index in [0.29, 0.717) is 19.6 Å². The van der Waals surface area contributed by atoms with Crippen molar-refractivity contribution in [3.8, 4) is 0 Å². The molecule has 0 aliphatic carbocycles. The highest BCUT2D eigenvalue weighted by molar-refractivity contribution is 7.08. The van der Waals surface area contributed by atoms with E-state index in [1.807, 2.05) is 17.7 Å². The zero-order chi connectivity index (χ0) is 10.4. The molecule has 0 spiro atoms. The second kappa shape index (κ2) is 5.78. The predicted octanol–water partition coefficient (Wildman–Crippen LogP) is 1.79. The summed E-state index contributed by atoms with van der Waals surface area (Å²) >= 11 is 1.60. The number of carbonyl (C=O) groups excluding carboxylic acids is 1. The largest absolute Gasteiger partial charge is 0.463 e. The van der Waals surface area contributed by atoms with Gasteiger partial charge in [0.1, 0.15) is 6.61 Å². The maximum atomic E-state index is 11.3. The van der Waals surface area contributed by atoms with Crippen molar-refractivity contribution in [2.45, 2.75) is 13.3 Å². The monoisotopic (exact) mass is 214 g/mol. The van der Waals surface area contributed by atoms with Gasteiger partial charge in [-0.15, -0.1) is 0 Å². The molecule has 4 heteroatoms. The van der Waals surface area contributed by atoms with Crippen molar-refractivity contribution in [1.82, 2.24) is 0 Å². The van der Waals surface area contributed by atoms with Crippen molar-refractivity contribution < 1.29 is 14.3 Å². The lowest BCUT2D eigenvalue weighted by Gasteiger charge is -2.03. The first-order valence-corrected chi connectivity index (χ1v) is 5.34. The predicted molar refractivity (Wildman–Crippen MR) is 55.6 cm³/mol. The Balaban J connectivity index is 2.31. The van der Waals surface area contributed by atoms with E-state index in [0.717, 1.165) is 11.1 Å². The van der Waals surface area contributed by atoms with Gasteiger partial charge in [0.25, 0.3) is 0 Å². The average molecular weight is 214 g/mol. The van der Waals surface area contributed by atoms with E-state index in [9.17, 15) is 4.79 Å². The zero-order valence-corrected chi connectivity index (χ0v) is 9.23.